The molecule has 0 radical (unpaired) electrons. The Hall–Kier alpha value is -3.99. The number of carbonyl (C=O) groups is 1. The normalized spacial score (nSPS) is 12.1. The summed E-state index contributed by atoms with van der Waals surface area (Å²) < 4.78 is 52.0. The fourth-order valence-corrected chi connectivity index (χ4v) is 3.41. The van der Waals surface area contributed by atoms with Gasteiger partial charge in [0.15, 0.2) is 11.5 Å². The van der Waals surface area contributed by atoms with E-state index in [9.17, 15) is 18.0 Å². The van der Waals surface area contributed by atoms with Crippen molar-refractivity contribution in [3.05, 3.63) is 59.7 Å². The molecule has 1 aliphatic rings. The Kier molecular flexibility index (Phi) is 6.73. The number of benzene rings is 2. The number of ether oxygens (including phenoxy) is 2. The Balaban J connectivity index is 1.65. The van der Waals surface area contributed by atoms with Crippen LogP contribution in [0, 0.1) is 17.7 Å². The average Bonchev–Trinajstić information content (AvgIpc) is 2.94. The highest BCUT2D eigenvalue weighted by Gasteiger charge is 2.22. The number of rotatable bonds is 8. The molecule has 0 saturated carbocycles. The smallest absolute Gasteiger partial charge is 0.257 e. The molecule has 8 nitrogen and oxygen atoms in total. The SMILES string of the molecule is COc1cc2c(cc1OCCCCO)Nc1cc(Nc3cc(F)nc(F)c3F)ccc1C(=O)N2. The second-order valence-electron chi connectivity index (χ2n) is 7.39. The van der Waals surface area contributed by atoms with Gasteiger partial charge in [0.25, 0.3) is 11.9 Å². The van der Waals surface area contributed by atoms with Crippen LogP contribution in [0.3, 0.4) is 0 Å². The number of unbranched alkanes of at least 4 members (excludes halogenated alkanes) is 1. The van der Waals surface area contributed by atoms with Gasteiger partial charge in [0, 0.05) is 30.5 Å². The van der Waals surface area contributed by atoms with Gasteiger partial charge >= 0.3 is 0 Å². The lowest BCUT2D eigenvalue weighted by Crippen LogP contribution is -2.11. The van der Waals surface area contributed by atoms with Gasteiger partial charge in [-0.3, -0.25) is 4.79 Å². The predicted molar refractivity (Wildman–Crippen MR) is 120 cm³/mol. The maximum absolute atomic E-state index is 14.0. The number of carbonyl (C=O) groups excluding carboxylic acids is 1. The number of aromatic nitrogens is 1. The van der Waals surface area contributed by atoms with Gasteiger partial charge in [-0.1, -0.05) is 0 Å². The molecule has 0 aliphatic carbocycles. The van der Waals surface area contributed by atoms with E-state index in [1.807, 2.05) is 0 Å². The van der Waals surface area contributed by atoms with E-state index in [1.165, 1.54) is 25.3 Å². The van der Waals surface area contributed by atoms with Crippen molar-refractivity contribution in [2.75, 3.05) is 36.3 Å². The summed E-state index contributed by atoms with van der Waals surface area (Å²) in [6, 6.07) is 8.47. The van der Waals surface area contributed by atoms with Crippen molar-refractivity contribution in [1.82, 2.24) is 4.98 Å². The van der Waals surface area contributed by atoms with E-state index in [4.69, 9.17) is 14.6 Å². The molecule has 2 heterocycles. The van der Waals surface area contributed by atoms with Crippen LogP contribution in [0.15, 0.2) is 36.4 Å². The molecule has 0 unspecified atom stereocenters. The minimum atomic E-state index is -1.57. The van der Waals surface area contributed by atoms with Crippen molar-refractivity contribution < 1.29 is 32.5 Å². The molecule has 4 rings (SSSR count). The summed E-state index contributed by atoms with van der Waals surface area (Å²) in [5.74, 6) is -3.63. The predicted octanol–water partition coefficient (Wildman–Crippen LogP) is 4.71. The molecule has 0 fully saturated rings. The molecule has 0 saturated heterocycles. The third-order valence-electron chi connectivity index (χ3n) is 5.06. The zero-order valence-electron chi connectivity index (χ0n) is 18.0. The first-order chi connectivity index (χ1) is 16.4. The van der Waals surface area contributed by atoms with Crippen molar-refractivity contribution in [3.63, 3.8) is 0 Å². The highest BCUT2D eigenvalue weighted by atomic mass is 19.2. The van der Waals surface area contributed by atoms with Crippen molar-refractivity contribution >= 4 is 34.3 Å². The van der Waals surface area contributed by atoms with Gasteiger partial charge < -0.3 is 30.5 Å². The zero-order chi connectivity index (χ0) is 24.2. The van der Waals surface area contributed by atoms with Gasteiger partial charge in [-0.2, -0.15) is 18.2 Å². The maximum Gasteiger partial charge on any atom is 0.257 e. The summed E-state index contributed by atoms with van der Waals surface area (Å²) in [6.07, 6.45) is 1.24. The van der Waals surface area contributed by atoms with Gasteiger partial charge in [-0.05, 0) is 31.0 Å². The fourth-order valence-electron chi connectivity index (χ4n) is 3.41. The zero-order valence-corrected chi connectivity index (χ0v) is 18.0. The van der Waals surface area contributed by atoms with Crippen LogP contribution in [0.5, 0.6) is 11.5 Å². The fraction of sp³-hybridized carbons (Fsp3) is 0.217. The van der Waals surface area contributed by atoms with Crippen molar-refractivity contribution in [2.45, 2.75) is 12.8 Å². The molecule has 0 spiro atoms. The number of pyridine rings is 1. The molecule has 34 heavy (non-hydrogen) atoms. The van der Waals surface area contributed by atoms with E-state index in [1.54, 1.807) is 12.1 Å². The number of methoxy groups -OCH3 is 1. The molecule has 2 aromatic carbocycles. The van der Waals surface area contributed by atoms with Crippen LogP contribution in [-0.4, -0.2) is 36.3 Å². The van der Waals surface area contributed by atoms with Crippen LogP contribution in [0.1, 0.15) is 23.2 Å². The molecule has 1 aromatic heterocycles. The van der Waals surface area contributed by atoms with E-state index >= 15 is 0 Å². The largest absolute Gasteiger partial charge is 0.493 e. The Bertz CT molecular complexity index is 1240. The molecule has 0 atom stereocenters. The molecule has 178 valence electrons. The highest BCUT2D eigenvalue weighted by molar-refractivity contribution is 6.12. The first kappa shape index (κ1) is 23.2. The number of fused-ring (bicyclic) bond motifs is 2. The highest BCUT2D eigenvalue weighted by Crippen LogP contribution is 2.41. The van der Waals surface area contributed by atoms with Crippen LogP contribution in [-0.2, 0) is 0 Å². The summed E-state index contributed by atoms with van der Waals surface area (Å²) in [5.41, 5.74) is 1.45. The van der Waals surface area contributed by atoms with Gasteiger partial charge in [-0.25, -0.2) is 0 Å². The van der Waals surface area contributed by atoms with Crippen molar-refractivity contribution in [3.8, 4) is 11.5 Å². The Morgan fingerprint density at radius 3 is 2.53 bits per heavy atom. The van der Waals surface area contributed by atoms with Crippen LogP contribution >= 0.6 is 0 Å². The summed E-state index contributed by atoms with van der Waals surface area (Å²) in [5, 5.41) is 17.5. The van der Waals surface area contributed by atoms with Crippen LogP contribution in [0.4, 0.5) is 41.6 Å². The van der Waals surface area contributed by atoms with Crippen molar-refractivity contribution in [1.29, 1.82) is 0 Å². The van der Waals surface area contributed by atoms with Gasteiger partial charge in [0.05, 0.1) is 42.0 Å². The van der Waals surface area contributed by atoms with Gasteiger partial charge in [-0.15, -0.1) is 0 Å². The Morgan fingerprint density at radius 1 is 1.00 bits per heavy atom. The second kappa shape index (κ2) is 9.87. The molecule has 1 aliphatic heterocycles. The molecule has 1 amide bonds. The number of nitrogens with zero attached hydrogens (tertiary/aromatic N) is 1. The first-order valence-corrected chi connectivity index (χ1v) is 10.4. The number of hydrogen-bond acceptors (Lipinski definition) is 7. The molecule has 0 bridgehead atoms. The van der Waals surface area contributed by atoms with E-state index in [0.29, 0.717) is 53.6 Å². The Labute approximate surface area is 192 Å². The molecular formula is C23H21F3N4O4. The van der Waals surface area contributed by atoms with E-state index in [-0.39, 0.29) is 12.3 Å². The van der Waals surface area contributed by atoms with E-state index in [2.05, 4.69) is 20.9 Å². The molecular weight excluding hydrogens is 453 g/mol. The summed E-state index contributed by atoms with van der Waals surface area (Å²) in [7, 11) is 1.48. The third-order valence-corrected chi connectivity index (χ3v) is 5.06. The number of anilines is 5. The number of nitrogens with one attached hydrogen (secondary N) is 3. The monoisotopic (exact) mass is 474 g/mol. The number of aliphatic hydroxyl groups excluding tert-OH is 1. The van der Waals surface area contributed by atoms with Gasteiger partial charge in [0.2, 0.25) is 11.8 Å². The summed E-state index contributed by atoms with van der Waals surface area (Å²) in [4.78, 5) is 15.6. The number of hydrogen-bond donors (Lipinski definition) is 4. The molecule has 3 aromatic rings. The van der Waals surface area contributed by atoms with E-state index in [0.717, 1.165) is 6.07 Å². The maximum atomic E-state index is 14.0. The summed E-state index contributed by atoms with van der Waals surface area (Å²) >= 11 is 0. The third kappa shape index (κ3) is 4.84. The number of halogens is 3. The number of aliphatic hydroxyl groups is 1. The molecule has 4 N–H and O–H groups in total. The lowest BCUT2D eigenvalue weighted by Gasteiger charge is -2.16. The van der Waals surface area contributed by atoms with Crippen molar-refractivity contribution in [2.24, 2.45) is 0 Å². The van der Waals surface area contributed by atoms with Crippen LogP contribution in [0.25, 0.3) is 0 Å². The number of amides is 1. The summed E-state index contributed by atoms with van der Waals surface area (Å²) in [6.45, 7) is 0.422. The standard InChI is InChI=1S/C23H21F3N4O4/c1-33-18-9-16-15(10-19(18)34-7-3-2-6-31)28-14-8-12(4-5-13(14)23(32)29-16)27-17-11-20(24)30-22(26)21(17)25/h4-5,8-11,28,31H,2-3,6-7H2,1H3,(H,27,30)(H,29,32). The second-order valence-corrected chi connectivity index (χ2v) is 7.39. The van der Waals surface area contributed by atoms with Crippen LogP contribution in [0.2, 0.25) is 0 Å². The average molecular weight is 474 g/mol. The topological polar surface area (TPSA) is 105 Å². The Morgan fingerprint density at radius 2 is 1.76 bits per heavy atom. The quantitative estimate of drug-likeness (QED) is 0.277. The minimum Gasteiger partial charge on any atom is -0.493 e. The lowest BCUT2D eigenvalue weighted by molar-refractivity contribution is 0.102. The molecule has 11 heteroatoms. The van der Waals surface area contributed by atoms with E-state index < -0.39 is 29.3 Å². The first-order valence-electron chi connectivity index (χ1n) is 10.4. The van der Waals surface area contributed by atoms with Crippen LogP contribution < -0.4 is 25.4 Å². The van der Waals surface area contributed by atoms with Gasteiger partial charge in [0.1, 0.15) is 0 Å². The minimum absolute atomic E-state index is 0.0636. The lowest BCUT2D eigenvalue weighted by atomic mass is 10.1.